The van der Waals surface area contributed by atoms with Crippen LogP contribution in [-0.4, -0.2) is 63.9 Å². The summed E-state index contributed by atoms with van der Waals surface area (Å²) in [5.41, 5.74) is 0.102. The number of aromatic nitrogens is 5. The highest BCUT2D eigenvalue weighted by atomic mass is 19.4. The zero-order valence-electron chi connectivity index (χ0n) is 22.7. The molecule has 1 N–H and O–H groups in total. The third-order valence-electron chi connectivity index (χ3n) is 6.93. The van der Waals surface area contributed by atoms with E-state index in [1.807, 2.05) is 6.20 Å². The van der Waals surface area contributed by atoms with Crippen molar-refractivity contribution in [3.8, 4) is 11.1 Å². The van der Waals surface area contributed by atoms with Gasteiger partial charge in [-0.25, -0.2) is 14.4 Å². The topological polar surface area (TPSA) is 117 Å². The molecule has 1 aliphatic carbocycles. The molecule has 3 aromatic heterocycles. The van der Waals surface area contributed by atoms with Gasteiger partial charge in [-0.05, 0) is 35.6 Å². The third kappa shape index (κ3) is 6.82. The van der Waals surface area contributed by atoms with Crippen LogP contribution >= 0.6 is 0 Å². The number of anilines is 1. The van der Waals surface area contributed by atoms with Crippen molar-refractivity contribution in [1.29, 1.82) is 0 Å². The van der Waals surface area contributed by atoms with E-state index in [0.29, 0.717) is 49.7 Å². The Morgan fingerprint density at radius 1 is 1.10 bits per heavy atom. The minimum absolute atomic E-state index is 0.0947. The second kappa shape index (κ2) is 12.4. The predicted molar refractivity (Wildman–Crippen MR) is 141 cm³/mol. The standard InChI is InChI=1S/C28H28F4N6O4/c1-40-8-9-41-7-6-38-17-18(14-35-38)10-24-33-15-21(16-34-24)19-2-3-20(22(29)11-19)12-26(39)36-25-13-23(42-37-25)27(4-5-27)28(30,31)32/h2-3,11,13-17H,4-10,12H2,1H3,(H,36,37,39). The molecule has 1 saturated carbocycles. The summed E-state index contributed by atoms with van der Waals surface area (Å²) in [6, 6.07) is 5.43. The Kier molecular flexibility index (Phi) is 8.64. The number of methoxy groups -OCH3 is 1. The summed E-state index contributed by atoms with van der Waals surface area (Å²) < 4.78 is 71.7. The SMILES string of the molecule is COCCOCCn1cc(Cc2ncc(-c3ccc(CC(=O)Nc4cc(C5(C(F)(F)F)CC5)on4)c(F)c3)cn2)cn1. The second-order valence-corrected chi connectivity index (χ2v) is 9.97. The predicted octanol–water partition coefficient (Wildman–Crippen LogP) is 4.50. The molecule has 3 heterocycles. The van der Waals surface area contributed by atoms with Crippen molar-refractivity contribution in [3.63, 3.8) is 0 Å². The van der Waals surface area contributed by atoms with Crippen LogP contribution in [0.1, 0.15) is 35.6 Å². The smallest absolute Gasteiger partial charge is 0.382 e. The summed E-state index contributed by atoms with van der Waals surface area (Å²) in [7, 11) is 1.62. The maximum atomic E-state index is 14.8. The number of carbonyl (C=O) groups excluding carboxylic acids is 1. The van der Waals surface area contributed by atoms with E-state index >= 15 is 0 Å². The van der Waals surface area contributed by atoms with Crippen LogP contribution in [0.2, 0.25) is 0 Å². The molecule has 14 heteroatoms. The van der Waals surface area contributed by atoms with Crippen LogP contribution in [0.25, 0.3) is 11.1 Å². The largest absolute Gasteiger partial charge is 0.401 e. The monoisotopic (exact) mass is 588 g/mol. The van der Waals surface area contributed by atoms with Gasteiger partial charge in [-0.1, -0.05) is 17.3 Å². The average Bonchev–Trinajstić information content (AvgIpc) is 3.47. The highest BCUT2D eigenvalue weighted by Crippen LogP contribution is 2.59. The minimum Gasteiger partial charge on any atom is -0.382 e. The molecule has 5 rings (SSSR count). The first-order chi connectivity index (χ1) is 20.2. The van der Waals surface area contributed by atoms with Gasteiger partial charge in [-0.2, -0.15) is 18.3 Å². The number of rotatable bonds is 13. The number of amides is 1. The summed E-state index contributed by atoms with van der Waals surface area (Å²) in [5.74, 6) is -1.20. The van der Waals surface area contributed by atoms with Crippen LogP contribution in [0.4, 0.5) is 23.4 Å². The maximum Gasteiger partial charge on any atom is 0.401 e. The first-order valence-corrected chi connectivity index (χ1v) is 13.2. The van der Waals surface area contributed by atoms with Crippen LogP contribution in [0.3, 0.4) is 0 Å². The summed E-state index contributed by atoms with van der Waals surface area (Å²) in [4.78, 5) is 21.2. The molecule has 4 aromatic rings. The van der Waals surface area contributed by atoms with Crippen molar-refractivity contribution < 1.29 is 36.4 Å². The Morgan fingerprint density at radius 3 is 2.57 bits per heavy atom. The molecule has 1 aliphatic rings. The van der Waals surface area contributed by atoms with Gasteiger partial charge in [-0.15, -0.1) is 0 Å². The maximum absolute atomic E-state index is 14.8. The number of benzene rings is 1. The van der Waals surface area contributed by atoms with Crippen molar-refractivity contribution in [2.24, 2.45) is 0 Å². The minimum atomic E-state index is -4.46. The number of carbonyl (C=O) groups is 1. The van der Waals surface area contributed by atoms with Gasteiger partial charge in [0.2, 0.25) is 5.91 Å². The highest BCUT2D eigenvalue weighted by molar-refractivity contribution is 5.91. The van der Waals surface area contributed by atoms with E-state index < -0.39 is 23.3 Å². The van der Waals surface area contributed by atoms with Crippen LogP contribution in [0.15, 0.2) is 53.6 Å². The fraction of sp³-hybridized carbons (Fsp3) is 0.393. The number of ether oxygens (including phenoxy) is 2. The number of alkyl halides is 3. The van der Waals surface area contributed by atoms with E-state index in [1.54, 1.807) is 36.4 Å². The molecule has 1 fully saturated rings. The molecule has 0 radical (unpaired) electrons. The van der Waals surface area contributed by atoms with Gasteiger partial charge in [-0.3, -0.25) is 9.48 Å². The zero-order valence-corrected chi connectivity index (χ0v) is 22.7. The Morgan fingerprint density at radius 2 is 1.88 bits per heavy atom. The number of halogens is 4. The molecule has 222 valence electrons. The van der Waals surface area contributed by atoms with Crippen molar-refractivity contribution in [3.05, 3.63) is 77.6 Å². The molecule has 10 nitrogen and oxygen atoms in total. The van der Waals surface area contributed by atoms with Crippen molar-refractivity contribution in [2.45, 2.75) is 43.8 Å². The normalized spacial score (nSPS) is 14.2. The summed E-state index contributed by atoms with van der Waals surface area (Å²) in [6.07, 6.45) is 2.29. The highest BCUT2D eigenvalue weighted by Gasteiger charge is 2.66. The van der Waals surface area contributed by atoms with Crippen LogP contribution < -0.4 is 5.32 Å². The van der Waals surface area contributed by atoms with Crippen molar-refractivity contribution in [2.75, 3.05) is 32.2 Å². The lowest BCUT2D eigenvalue weighted by Crippen LogP contribution is -2.28. The van der Waals surface area contributed by atoms with Gasteiger partial charge in [0.15, 0.2) is 11.6 Å². The molecule has 42 heavy (non-hydrogen) atoms. The molecular formula is C28H28F4N6O4. The molecule has 0 aliphatic heterocycles. The zero-order chi connectivity index (χ0) is 29.7. The lowest BCUT2D eigenvalue weighted by Gasteiger charge is -2.14. The van der Waals surface area contributed by atoms with Crippen molar-refractivity contribution in [1.82, 2.24) is 24.9 Å². The van der Waals surface area contributed by atoms with Gasteiger partial charge in [0.25, 0.3) is 0 Å². The molecule has 0 unspecified atom stereocenters. The lowest BCUT2D eigenvalue weighted by atomic mass is 10.0. The lowest BCUT2D eigenvalue weighted by molar-refractivity contribution is -0.165. The van der Waals surface area contributed by atoms with Gasteiger partial charge in [0.05, 0.1) is 39.0 Å². The van der Waals surface area contributed by atoms with E-state index in [1.165, 1.54) is 12.1 Å². The summed E-state index contributed by atoms with van der Waals surface area (Å²) >= 11 is 0. The molecule has 0 bridgehead atoms. The number of hydrogen-bond donors (Lipinski definition) is 1. The second-order valence-electron chi connectivity index (χ2n) is 9.97. The van der Waals surface area contributed by atoms with E-state index in [0.717, 1.165) is 11.6 Å². The Hall–Kier alpha value is -4.17. The summed E-state index contributed by atoms with van der Waals surface area (Å²) in [6.45, 7) is 2.19. The van der Waals surface area contributed by atoms with E-state index in [4.69, 9.17) is 14.0 Å². The Balaban J connectivity index is 1.14. The Labute approximate surface area is 238 Å². The van der Waals surface area contributed by atoms with E-state index in [2.05, 4.69) is 25.5 Å². The first kappa shape index (κ1) is 29.3. The fourth-order valence-electron chi connectivity index (χ4n) is 4.38. The third-order valence-corrected chi connectivity index (χ3v) is 6.93. The summed E-state index contributed by atoms with van der Waals surface area (Å²) in [5, 5.41) is 10.2. The number of hydrogen-bond acceptors (Lipinski definition) is 8. The number of nitrogens with one attached hydrogen (secondary N) is 1. The fourth-order valence-corrected chi connectivity index (χ4v) is 4.38. The molecule has 0 atom stereocenters. The van der Waals surface area contributed by atoms with Gasteiger partial charge in [0.1, 0.15) is 17.1 Å². The van der Waals surface area contributed by atoms with Gasteiger partial charge >= 0.3 is 6.18 Å². The van der Waals surface area contributed by atoms with Crippen molar-refractivity contribution >= 4 is 11.7 Å². The van der Waals surface area contributed by atoms with Crippen LogP contribution in [-0.2, 0) is 39.1 Å². The molecular weight excluding hydrogens is 560 g/mol. The molecule has 0 spiro atoms. The van der Waals surface area contributed by atoms with Crippen LogP contribution in [0.5, 0.6) is 0 Å². The quantitative estimate of drug-likeness (QED) is 0.179. The molecule has 1 aromatic carbocycles. The van der Waals surface area contributed by atoms with Crippen LogP contribution in [0, 0.1) is 5.82 Å². The van der Waals surface area contributed by atoms with E-state index in [9.17, 15) is 22.4 Å². The molecule has 1 amide bonds. The first-order valence-electron chi connectivity index (χ1n) is 13.2. The number of nitrogens with zero attached hydrogens (tertiary/aromatic N) is 5. The Bertz CT molecular complexity index is 1520. The molecule has 0 saturated heterocycles. The van der Waals surface area contributed by atoms with Gasteiger partial charge < -0.3 is 19.3 Å². The van der Waals surface area contributed by atoms with Gasteiger partial charge in [0, 0.05) is 43.8 Å². The average molecular weight is 589 g/mol. The van der Waals surface area contributed by atoms with E-state index in [-0.39, 0.29) is 36.4 Å².